The second kappa shape index (κ2) is 10.2. The number of aryl methyl sites for hydroxylation is 1. The third-order valence-electron chi connectivity index (χ3n) is 4.62. The summed E-state index contributed by atoms with van der Waals surface area (Å²) in [6, 6.07) is 11.0. The first kappa shape index (κ1) is 23.2. The molecule has 0 aromatic heterocycles. The van der Waals surface area contributed by atoms with Crippen LogP contribution in [0.1, 0.15) is 25.0 Å². The number of esters is 1. The number of benzene rings is 2. The summed E-state index contributed by atoms with van der Waals surface area (Å²) in [5.74, 6) is -1.60. The zero-order chi connectivity index (χ0) is 23.3. The van der Waals surface area contributed by atoms with Crippen LogP contribution in [0.15, 0.2) is 52.5 Å². The Balaban J connectivity index is 1.83. The van der Waals surface area contributed by atoms with Crippen LogP contribution in [0, 0.1) is 0 Å². The van der Waals surface area contributed by atoms with Gasteiger partial charge in [-0.1, -0.05) is 25.1 Å². The van der Waals surface area contributed by atoms with E-state index in [1.165, 1.54) is 6.08 Å². The van der Waals surface area contributed by atoms with Gasteiger partial charge in [0.2, 0.25) is 0 Å². The van der Waals surface area contributed by atoms with Gasteiger partial charge in [-0.3, -0.25) is 14.9 Å². The van der Waals surface area contributed by atoms with Gasteiger partial charge in [0.05, 0.1) is 16.8 Å². The van der Waals surface area contributed by atoms with E-state index in [9.17, 15) is 19.2 Å². The van der Waals surface area contributed by atoms with Crippen LogP contribution in [0.3, 0.4) is 0 Å². The van der Waals surface area contributed by atoms with Gasteiger partial charge in [-0.2, -0.15) is 0 Å². The van der Waals surface area contributed by atoms with Crippen molar-refractivity contribution in [2.45, 2.75) is 20.3 Å². The third-order valence-corrected chi connectivity index (χ3v) is 5.24. The SMILES string of the molecule is CCOC(=O)COc1ccc(C=C2C(=O)NC(=O)N(c3ccc(CC)cc3)C2=O)cc1Br. The molecule has 9 heteroatoms. The maximum atomic E-state index is 13.0. The van der Waals surface area contributed by atoms with E-state index in [1.807, 2.05) is 19.1 Å². The van der Waals surface area contributed by atoms with Gasteiger partial charge in [0.25, 0.3) is 11.8 Å². The number of carbonyl (C=O) groups excluding carboxylic acids is 4. The van der Waals surface area contributed by atoms with Gasteiger partial charge in [-0.25, -0.2) is 14.5 Å². The lowest BCUT2D eigenvalue weighted by molar-refractivity contribution is -0.145. The Bertz CT molecular complexity index is 1090. The molecule has 1 heterocycles. The molecule has 1 aliphatic heterocycles. The van der Waals surface area contributed by atoms with Crippen molar-refractivity contribution >= 4 is 51.5 Å². The molecule has 166 valence electrons. The molecule has 0 saturated carbocycles. The molecule has 32 heavy (non-hydrogen) atoms. The first-order valence-corrected chi connectivity index (χ1v) is 10.7. The molecule has 3 rings (SSSR count). The zero-order valence-electron chi connectivity index (χ0n) is 17.5. The number of carbonyl (C=O) groups is 4. The van der Waals surface area contributed by atoms with Crippen molar-refractivity contribution < 1.29 is 28.7 Å². The Morgan fingerprint density at radius 3 is 2.44 bits per heavy atom. The standard InChI is InChI=1S/C23H21BrN2O6/c1-3-14-5-8-16(9-6-14)26-22(29)17(21(28)25-23(26)30)11-15-7-10-19(18(24)12-15)32-13-20(27)31-4-2/h5-12H,3-4,13H2,1-2H3,(H,25,28,30). The zero-order valence-corrected chi connectivity index (χ0v) is 19.1. The predicted molar refractivity (Wildman–Crippen MR) is 121 cm³/mol. The van der Waals surface area contributed by atoms with Crippen molar-refractivity contribution in [2.75, 3.05) is 18.1 Å². The molecule has 0 bridgehead atoms. The van der Waals surface area contributed by atoms with Crippen LogP contribution in [0.5, 0.6) is 5.75 Å². The fraction of sp³-hybridized carbons (Fsp3) is 0.217. The summed E-state index contributed by atoms with van der Waals surface area (Å²) in [5.41, 5.74) is 1.76. The number of nitrogens with one attached hydrogen (secondary N) is 1. The van der Waals surface area contributed by atoms with Gasteiger partial charge >= 0.3 is 12.0 Å². The molecule has 1 N–H and O–H groups in total. The molecule has 4 amide bonds. The number of urea groups is 1. The van der Waals surface area contributed by atoms with Crippen molar-refractivity contribution in [2.24, 2.45) is 0 Å². The average Bonchev–Trinajstić information content (AvgIpc) is 2.76. The quantitative estimate of drug-likeness (QED) is 0.353. The largest absolute Gasteiger partial charge is 0.481 e. The van der Waals surface area contributed by atoms with Crippen molar-refractivity contribution in [1.82, 2.24) is 5.32 Å². The van der Waals surface area contributed by atoms with Crippen molar-refractivity contribution in [3.8, 4) is 5.75 Å². The summed E-state index contributed by atoms with van der Waals surface area (Å²) in [6.45, 7) is 3.71. The number of ether oxygens (including phenoxy) is 2. The smallest absolute Gasteiger partial charge is 0.344 e. The summed E-state index contributed by atoms with van der Waals surface area (Å²) in [6.07, 6.45) is 2.20. The second-order valence-electron chi connectivity index (χ2n) is 6.76. The predicted octanol–water partition coefficient (Wildman–Crippen LogP) is 3.62. The van der Waals surface area contributed by atoms with E-state index in [0.29, 0.717) is 21.5 Å². The topological polar surface area (TPSA) is 102 Å². The van der Waals surface area contributed by atoms with E-state index >= 15 is 0 Å². The van der Waals surface area contributed by atoms with E-state index in [1.54, 1.807) is 37.3 Å². The van der Waals surface area contributed by atoms with E-state index in [-0.39, 0.29) is 18.8 Å². The summed E-state index contributed by atoms with van der Waals surface area (Å²) < 4.78 is 10.7. The highest BCUT2D eigenvalue weighted by molar-refractivity contribution is 9.10. The number of imide groups is 2. The van der Waals surface area contributed by atoms with Crippen LogP contribution in [-0.4, -0.2) is 37.0 Å². The lowest BCUT2D eigenvalue weighted by atomic mass is 10.1. The van der Waals surface area contributed by atoms with Gasteiger partial charge < -0.3 is 9.47 Å². The van der Waals surface area contributed by atoms with Crippen LogP contribution < -0.4 is 15.0 Å². The monoisotopic (exact) mass is 500 g/mol. The van der Waals surface area contributed by atoms with Crippen molar-refractivity contribution in [1.29, 1.82) is 0 Å². The number of nitrogens with zero attached hydrogens (tertiary/aromatic N) is 1. The Morgan fingerprint density at radius 1 is 1.09 bits per heavy atom. The highest BCUT2D eigenvalue weighted by atomic mass is 79.9. The lowest BCUT2D eigenvalue weighted by Gasteiger charge is -2.26. The molecule has 1 saturated heterocycles. The minimum Gasteiger partial charge on any atom is -0.481 e. The normalized spacial score (nSPS) is 15.0. The van der Waals surface area contributed by atoms with Crippen molar-refractivity contribution in [3.63, 3.8) is 0 Å². The molecule has 0 radical (unpaired) electrons. The Kier molecular flexibility index (Phi) is 7.42. The number of hydrogen-bond acceptors (Lipinski definition) is 6. The average molecular weight is 501 g/mol. The molecule has 0 unspecified atom stereocenters. The Morgan fingerprint density at radius 2 is 1.81 bits per heavy atom. The number of barbiturate groups is 1. The van der Waals surface area contributed by atoms with Crippen molar-refractivity contribution in [3.05, 3.63) is 63.6 Å². The van der Waals surface area contributed by atoms with Gasteiger partial charge in [-0.15, -0.1) is 0 Å². The highest BCUT2D eigenvalue weighted by Gasteiger charge is 2.36. The molecular formula is C23H21BrN2O6. The van der Waals surface area contributed by atoms with Gasteiger partial charge in [0.1, 0.15) is 11.3 Å². The number of halogens is 1. The molecule has 0 atom stereocenters. The number of rotatable bonds is 7. The fourth-order valence-electron chi connectivity index (χ4n) is 3.00. The maximum absolute atomic E-state index is 13.0. The molecule has 1 aliphatic rings. The number of hydrogen-bond donors (Lipinski definition) is 1. The second-order valence-corrected chi connectivity index (χ2v) is 7.62. The highest BCUT2D eigenvalue weighted by Crippen LogP contribution is 2.28. The number of amides is 4. The van der Waals surface area contributed by atoms with Crippen LogP contribution in [0.2, 0.25) is 0 Å². The Labute approximate surface area is 193 Å². The summed E-state index contributed by atoms with van der Waals surface area (Å²) >= 11 is 3.35. The van der Waals surface area contributed by atoms with E-state index in [2.05, 4.69) is 21.2 Å². The van der Waals surface area contributed by atoms with Crippen LogP contribution >= 0.6 is 15.9 Å². The maximum Gasteiger partial charge on any atom is 0.344 e. The molecule has 1 fully saturated rings. The van der Waals surface area contributed by atoms with Crippen LogP contribution in [0.25, 0.3) is 6.08 Å². The molecule has 8 nitrogen and oxygen atoms in total. The molecule has 0 spiro atoms. The summed E-state index contributed by atoms with van der Waals surface area (Å²) in [5, 5.41) is 2.20. The van der Waals surface area contributed by atoms with Crippen LogP contribution in [0.4, 0.5) is 10.5 Å². The van der Waals surface area contributed by atoms with Gasteiger partial charge in [-0.05, 0) is 70.7 Å². The van der Waals surface area contributed by atoms with E-state index in [0.717, 1.165) is 16.9 Å². The number of anilines is 1. The molecule has 0 aliphatic carbocycles. The van der Waals surface area contributed by atoms with Gasteiger partial charge in [0, 0.05) is 0 Å². The van der Waals surface area contributed by atoms with E-state index < -0.39 is 23.8 Å². The van der Waals surface area contributed by atoms with Crippen LogP contribution in [-0.2, 0) is 25.5 Å². The Hall–Kier alpha value is -3.46. The van der Waals surface area contributed by atoms with Gasteiger partial charge in [0.15, 0.2) is 6.61 Å². The summed E-state index contributed by atoms with van der Waals surface area (Å²) in [7, 11) is 0. The lowest BCUT2D eigenvalue weighted by Crippen LogP contribution is -2.54. The van der Waals surface area contributed by atoms with E-state index in [4.69, 9.17) is 9.47 Å². The third kappa shape index (κ3) is 5.23. The fourth-order valence-corrected chi connectivity index (χ4v) is 3.51. The molecule has 2 aromatic carbocycles. The first-order chi connectivity index (χ1) is 15.3. The first-order valence-electron chi connectivity index (χ1n) is 9.92. The molecule has 2 aromatic rings. The minimum atomic E-state index is -0.801. The summed E-state index contributed by atoms with van der Waals surface area (Å²) in [4.78, 5) is 50.0. The molecular weight excluding hydrogens is 480 g/mol. The minimum absolute atomic E-state index is 0.184.